The van der Waals surface area contributed by atoms with E-state index in [9.17, 15) is 0 Å². The lowest BCUT2D eigenvalue weighted by molar-refractivity contribution is -0.0181. The van der Waals surface area contributed by atoms with Gasteiger partial charge in [-0.15, -0.1) is 0 Å². The molecule has 2 fully saturated rings. The fourth-order valence-electron chi connectivity index (χ4n) is 2.94. The number of hydrogen-bond acceptors (Lipinski definition) is 2. The van der Waals surface area contributed by atoms with Gasteiger partial charge < -0.3 is 10.1 Å². The Morgan fingerprint density at radius 1 is 1.06 bits per heavy atom. The van der Waals surface area contributed by atoms with Gasteiger partial charge in [0.1, 0.15) is 0 Å². The zero-order chi connectivity index (χ0) is 11.2. The summed E-state index contributed by atoms with van der Waals surface area (Å²) in [5.41, 5.74) is 0. The van der Waals surface area contributed by atoms with Crippen molar-refractivity contribution in [2.24, 2.45) is 5.92 Å². The molecule has 16 heavy (non-hydrogen) atoms. The Morgan fingerprint density at radius 2 is 1.81 bits per heavy atom. The molecule has 1 atom stereocenters. The maximum Gasteiger partial charge on any atom is 0.0626 e. The fourth-order valence-corrected chi connectivity index (χ4v) is 2.94. The highest BCUT2D eigenvalue weighted by atomic mass is 16.5. The molecule has 0 radical (unpaired) electrons. The van der Waals surface area contributed by atoms with Crippen molar-refractivity contribution in [3.8, 4) is 0 Å². The van der Waals surface area contributed by atoms with E-state index in [0.717, 1.165) is 19.1 Å². The van der Waals surface area contributed by atoms with Crippen LogP contribution in [0.3, 0.4) is 0 Å². The van der Waals surface area contributed by atoms with E-state index in [0.29, 0.717) is 12.1 Å². The van der Waals surface area contributed by atoms with E-state index in [1.807, 2.05) is 0 Å². The molecular formula is C14H27NO. The summed E-state index contributed by atoms with van der Waals surface area (Å²) in [6.45, 7) is 4.23. The quantitative estimate of drug-likeness (QED) is 0.750. The average molecular weight is 225 g/mol. The SMILES string of the molecule is CCNC(COC1CCC1)C1CCCCC1. The molecular weight excluding hydrogens is 198 g/mol. The summed E-state index contributed by atoms with van der Waals surface area (Å²) in [6, 6.07) is 0.617. The average Bonchev–Trinajstić information content (AvgIpc) is 2.27. The van der Waals surface area contributed by atoms with Gasteiger partial charge in [0, 0.05) is 6.04 Å². The van der Waals surface area contributed by atoms with Gasteiger partial charge in [0.2, 0.25) is 0 Å². The lowest BCUT2D eigenvalue weighted by Crippen LogP contribution is -2.42. The van der Waals surface area contributed by atoms with Crippen molar-refractivity contribution in [3.05, 3.63) is 0 Å². The van der Waals surface area contributed by atoms with Gasteiger partial charge in [0.15, 0.2) is 0 Å². The molecule has 0 spiro atoms. The highest BCUT2D eigenvalue weighted by Gasteiger charge is 2.25. The van der Waals surface area contributed by atoms with Crippen molar-refractivity contribution in [1.29, 1.82) is 0 Å². The van der Waals surface area contributed by atoms with Crippen LogP contribution in [-0.2, 0) is 4.74 Å². The van der Waals surface area contributed by atoms with Gasteiger partial charge >= 0.3 is 0 Å². The molecule has 0 amide bonds. The van der Waals surface area contributed by atoms with Crippen molar-refractivity contribution in [3.63, 3.8) is 0 Å². The first-order chi connectivity index (χ1) is 7.90. The number of hydrogen-bond donors (Lipinski definition) is 1. The number of nitrogens with one attached hydrogen (secondary N) is 1. The van der Waals surface area contributed by atoms with Crippen molar-refractivity contribution in [2.75, 3.05) is 13.2 Å². The third-order valence-corrected chi connectivity index (χ3v) is 4.25. The Labute approximate surface area is 100 Å². The predicted molar refractivity (Wildman–Crippen MR) is 67.6 cm³/mol. The van der Waals surface area contributed by atoms with Gasteiger partial charge in [0.05, 0.1) is 12.7 Å². The summed E-state index contributed by atoms with van der Waals surface area (Å²) < 4.78 is 5.98. The molecule has 2 heteroatoms. The molecule has 2 nitrogen and oxygen atoms in total. The Balaban J connectivity index is 1.72. The molecule has 0 aromatic heterocycles. The molecule has 0 aromatic rings. The lowest BCUT2D eigenvalue weighted by Gasteiger charge is -2.33. The first kappa shape index (κ1) is 12.4. The van der Waals surface area contributed by atoms with Crippen LogP contribution in [0.4, 0.5) is 0 Å². The molecule has 1 N–H and O–H groups in total. The van der Waals surface area contributed by atoms with Crippen LogP contribution in [0.5, 0.6) is 0 Å². The molecule has 2 aliphatic rings. The van der Waals surface area contributed by atoms with E-state index in [1.54, 1.807) is 0 Å². The number of rotatable bonds is 6. The first-order valence-electron chi connectivity index (χ1n) is 7.25. The Morgan fingerprint density at radius 3 is 2.38 bits per heavy atom. The minimum atomic E-state index is 0.588. The van der Waals surface area contributed by atoms with Crippen molar-refractivity contribution in [2.45, 2.75) is 70.4 Å². The third-order valence-electron chi connectivity index (χ3n) is 4.25. The number of likely N-dealkylation sites (N-methyl/N-ethyl adjacent to an activating group) is 1. The largest absolute Gasteiger partial charge is 0.377 e. The molecule has 2 aliphatic carbocycles. The van der Waals surface area contributed by atoms with Crippen molar-refractivity contribution >= 4 is 0 Å². The Hall–Kier alpha value is -0.0800. The molecule has 94 valence electrons. The fraction of sp³-hybridized carbons (Fsp3) is 1.00. The third kappa shape index (κ3) is 3.46. The van der Waals surface area contributed by atoms with E-state index in [-0.39, 0.29) is 0 Å². The van der Waals surface area contributed by atoms with E-state index >= 15 is 0 Å². The molecule has 0 saturated heterocycles. The monoisotopic (exact) mass is 225 g/mol. The van der Waals surface area contributed by atoms with Crippen LogP contribution in [0, 0.1) is 5.92 Å². The minimum Gasteiger partial charge on any atom is -0.377 e. The first-order valence-corrected chi connectivity index (χ1v) is 7.25. The summed E-state index contributed by atoms with van der Waals surface area (Å²) in [5.74, 6) is 0.869. The second kappa shape index (κ2) is 6.61. The summed E-state index contributed by atoms with van der Waals surface area (Å²) in [6.07, 6.45) is 11.7. The maximum atomic E-state index is 5.98. The minimum absolute atomic E-state index is 0.588. The Kier molecular flexibility index (Phi) is 5.11. The van der Waals surface area contributed by atoms with E-state index in [1.165, 1.54) is 51.4 Å². The zero-order valence-corrected chi connectivity index (χ0v) is 10.7. The normalized spacial score (nSPS) is 25.3. The summed E-state index contributed by atoms with van der Waals surface area (Å²) in [7, 11) is 0. The van der Waals surface area contributed by atoms with Crippen LogP contribution >= 0.6 is 0 Å². The van der Waals surface area contributed by atoms with E-state index < -0.39 is 0 Å². The zero-order valence-electron chi connectivity index (χ0n) is 10.7. The predicted octanol–water partition coefficient (Wildman–Crippen LogP) is 3.11. The topological polar surface area (TPSA) is 21.3 Å². The smallest absolute Gasteiger partial charge is 0.0626 e. The van der Waals surface area contributed by atoms with Gasteiger partial charge in [-0.3, -0.25) is 0 Å². The van der Waals surface area contributed by atoms with Crippen LogP contribution in [0.2, 0.25) is 0 Å². The summed E-state index contributed by atoms with van der Waals surface area (Å²) in [4.78, 5) is 0. The van der Waals surface area contributed by atoms with Crippen LogP contribution in [-0.4, -0.2) is 25.3 Å². The van der Waals surface area contributed by atoms with Crippen molar-refractivity contribution in [1.82, 2.24) is 5.32 Å². The molecule has 2 rings (SSSR count). The Bertz CT molecular complexity index is 185. The summed E-state index contributed by atoms with van der Waals surface area (Å²) >= 11 is 0. The number of ether oxygens (including phenoxy) is 1. The van der Waals surface area contributed by atoms with Gasteiger partial charge in [-0.05, 0) is 44.6 Å². The molecule has 0 aliphatic heterocycles. The standard InChI is InChI=1S/C14H27NO/c1-2-15-14(11-16-13-9-6-10-13)12-7-4-3-5-8-12/h12-15H,2-11H2,1H3. The molecule has 1 unspecified atom stereocenters. The van der Waals surface area contributed by atoms with Gasteiger partial charge in [-0.25, -0.2) is 0 Å². The van der Waals surface area contributed by atoms with Gasteiger partial charge in [0.25, 0.3) is 0 Å². The second-order valence-corrected chi connectivity index (χ2v) is 5.45. The van der Waals surface area contributed by atoms with Gasteiger partial charge in [-0.2, -0.15) is 0 Å². The maximum absolute atomic E-state index is 5.98. The van der Waals surface area contributed by atoms with E-state index in [4.69, 9.17) is 4.74 Å². The highest BCUT2D eigenvalue weighted by molar-refractivity contribution is 4.80. The molecule has 0 bridgehead atoms. The lowest BCUT2D eigenvalue weighted by atomic mass is 9.84. The highest BCUT2D eigenvalue weighted by Crippen LogP contribution is 2.28. The van der Waals surface area contributed by atoms with Crippen molar-refractivity contribution < 1.29 is 4.74 Å². The van der Waals surface area contributed by atoms with E-state index in [2.05, 4.69) is 12.2 Å². The second-order valence-electron chi connectivity index (χ2n) is 5.45. The van der Waals surface area contributed by atoms with Crippen LogP contribution < -0.4 is 5.32 Å². The molecule has 2 saturated carbocycles. The van der Waals surface area contributed by atoms with Crippen LogP contribution in [0.25, 0.3) is 0 Å². The molecule has 0 aromatic carbocycles. The summed E-state index contributed by atoms with van der Waals surface area (Å²) in [5, 5.41) is 3.63. The van der Waals surface area contributed by atoms with Crippen LogP contribution in [0.1, 0.15) is 58.3 Å². The molecule has 0 heterocycles. The van der Waals surface area contributed by atoms with Gasteiger partial charge in [-0.1, -0.05) is 26.2 Å². The van der Waals surface area contributed by atoms with Crippen LogP contribution in [0.15, 0.2) is 0 Å².